The van der Waals surface area contributed by atoms with Crippen LogP contribution < -0.4 is 5.32 Å². The highest BCUT2D eigenvalue weighted by Crippen LogP contribution is 2.21. The van der Waals surface area contributed by atoms with Gasteiger partial charge in [0.15, 0.2) is 0 Å². The first-order valence-electron chi connectivity index (χ1n) is 5.77. The summed E-state index contributed by atoms with van der Waals surface area (Å²) in [6.45, 7) is 0. The Hall–Kier alpha value is -2.94. The molecule has 0 aliphatic heterocycles. The third-order valence-electron chi connectivity index (χ3n) is 2.80. The number of hydrogen-bond acceptors (Lipinski definition) is 3. The number of aromatic nitrogens is 2. The van der Waals surface area contributed by atoms with Gasteiger partial charge in [-0.3, -0.25) is 0 Å². The zero-order valence-corrected chi connectivity index (χ0v) is 10.1. The third kappa shape index (κ3) is 2.17. The SMILES string of the molecule is N#Cc1ccc2nc(Nc3ccc(F)cc3F)[nH]c2c1. The van der Waals surface area contributed by atoms with Gasteiger partial charge in [-0.15, -0.1) is 0 Å². The van der Waals surface area contributed by atoms with E-state index in [4.69, 9.17) is 5.26 Å². The first kappa shape index (κ1) is 12.1. The Bertz CT molecular complexity index is 833. The van der Waals surface area contributed by atoms with Crippen LogP contribution in [0.15, 0.2) is 36.4 Å². The van der Waals surface area contributed by atoms with E-state index in [0.717, 1.165) is 12.1 Å². The number of halogens is 2. The van der Waals surface area contributed by atoms with Crippen molar-refractivity contribution >= 4 is 22.7 Å². The van der Waals surface area contributed by atoms with Crippen molar-refractivity contribution in [1.29, 1.82) is 5.26 Å². The fourth-order valence-electron chi connectivity index (χ4n) is 1.86. The van der Waals surface area contributed by atoms with E-state index in [1.54, 1.807) is 18.2 Å². The quantitative estimate of drug-likeness (QED) is 0.749. The average Bonchev–Trinajstić information content (AvgIpc) is 2.83. The largest absolute Gasteiger partial charge is 0.324 e. The van der Waals surface area contributed by atoms with Crippen molar-refractivity contribution in [3.8, 4) is 6.07 Å². The number of nitrogens with zero attached hydrogens (tertiary/aromatic N) is 2. The Morgan fingerprint density at radius 1 is 1.15 bits per heavy atom. The molecule has 0 bridgehead atoms. The van der Waals surface area contributed by atoms with Crippen LogP contribution in [0.3, 0.4) is 0 Å². The normalized spacial score (nSPS) is 10.4. The number of aromatic amines is 1. The first-order chi connectivity index (χ1) is 9.65. The summed E-state index contributed by atoms with van der Waals surface area (Å²) in [6, 6.07) is 10.2. The van der Waals surface area contributed by atoms with Gasteiger partial charge in [0.2, 0.25) is 5.95 Å². The van der Waals surface area contributed by atoms with E-state index in [-0.39, 0.29) is 5.69 Å². The Kier molecular flexibility index (Phi) is 2.80. The van der Waals surface area contributed by atoms with Crippen LogP contribution in [0.2, 0.25) is 0 Å². The minimum Gasteiger partial charge on any atom is -0.324 e. The molecular formula is C14H8F2N4. The first-order valence-corrected chi connectivity index (χ1v) is 5.77. The summed E-state index contributed by atoms with van der Waals surface area (Å²) in [6.07, 6.45) is 0. The minimum absolute atomic E-state index is 0.117. The zero-order valence-electron chi connectivity index (χ0n) is 10.1. The molecule has 1 aromatic heterocycles. The molecule has 0 fully saturated rings. The summed E-state index contributed by atoms with van der Waals surface area (Å²) in [5, 5.41) is 11.6. The van der Waals surface area contributed by atoms with Crippen LogP contribution in [0, 0.1) is 23.0 Å². The molecule has 0 radical (unpaired) electrons. The van der Waals surface area contributed by atoms with Gasteiger partial charge in [-0.25, -0.2) is 13.8 Å². The highest BCUT2D eigenvalue weighted by atomic mass is 19.1. The number of benzene rings is 2. The molecule has 3 aromatic rings. The van der Waals surface area contributed by atoms with Crippen molar-refractivity contribution < 1.29 is 8.78 Å². The van der Waals surface area contributed by atoms with Crippen molar-refractivity contribution in [2.45, 2.75) is 0 Å². The molecule has 0 amide bonds. The van der Waals surface area contributed by atoms with Crippen LogP contribution in [-0.4, -0.2) is 9.97 Å². The van der Waals surface area contributed by atoms with Crippen LogP contribution in [0.25, 0.3) is 11.0 Å². The van der Waals surface area contributed by atoms with E-state index < -0.39 is 11.6 Å². The summed E-state index contributed by atoms with van der Waals surface area (Å²) in [7, 11) is 0. The predicted octanol–water partition coefficient (Wildman–Crippen LogP) is 3.46. The van der Waals surface area contributed by atoms with Crippen LogP contribution >= 0.6 is 0 Å². The van der Waals surface area contributed by atoms with Crippen molar-refractivity contribution in [2.24, 2.45) is 0 Å². The van der Waals surface area contributed by atoms with Gasteiger partial charge in [0.1, 0.15) is 11.6 Å². The van der Waals surface area contributed by atoms with Crippen molar-refractivity contribution in [3.63, 3.8) is 0 Å². The van der Waals surface area contributed by atoms with Gasteiger partial charge >= 0.3 is 0 Å². The summed E-state index contributed by atoms with van der Waals surface area (Å²) in [4.78, 5) is 7.14. The second kappa shape index (κ2) is 4.63. The van der Waals surface area contributed by atoms with Gasteiger partial charge in [-0.1, -0.05) is 0 Å². The van der Waals surface area contributed by atoms with Gasteiger partial charge < -0.3 is 10.3 Å². The van der Waals surface area contributed by atoms with Crippen molar-refractivity contribution in [1.82, 2.24) is 9.97 Å². The highest BCUT2D eigenvalue weighted by molar-refractivity contribution is 5.79. The lowest BCUT2D eigenvalue weighted by Gasteiger charge is -2.03. The lowest BCUT2D eigenvalue weighted by molar-refractivity contribution is 0.586. The number of H-pyrrole nitrogens is 1. The van der Waals surface area contributed by atoms with E-state index >= 15 is 0 Å². The smallest absolute Gasteiger partial charge is 0.205 e. The maximum absolute atomic E-state index is 13.5. The molecular weight excluding hydrogens is 262 g/mol. The van der Waals surface area contributed by atoms with Crippen LogP contribution in [0.5, 0.6) is 0 Å². The molecule has 0 spiro atoms. The lowest BCUT2D eigenvalue weighted by atomic mass is 10.2. The van der Waals surface area contributed by atoms with Gasteiger partial charge in [0.05, 0.1) is 28.4 Å². The van der Waals surface area contributed by atoms with Crippen molar-refractivity contribution in [3.05, 3.63) is 53.6 Å². The summed E-state index contributed by atoms with van der Waals surface area (Å²) in [5.41, 5.74) is 1.93. The van der Waals surface area contributed by atoms with E-state index in [1.807, 2.05) is 6.07 Å². The number of imidazole rings is 1. The van der Waals surface area contributed by atoms with Crippen LogP contribution in [-0.2, 0) is 0 Å². The van der Waals surface area contributed by atoms with E-state index in [2.05, 4.69) is 15.3 Å². The fraction of sp³-hybridized carbons (Fsp3) is 0. The van der Waals surface area contributed by atoms with Crippen molar-refractivity contribution in [2.75, 3.05) is 5.32 Å². The molecule has 2 aromatic carbocycles. The molecule has 6 heteroatoms. The molecule has 2 N–H and O–H groups in total. The molecule has 3 rings (SSSR count). The summed E-state index contributed by atoms with van der Waals surface area (Å²) >= 11 is 0. The molecule has 0 saturated heterocycles. The van der Waals surface area contributed by atoms with E-state index in [1.165, 1.54) is 6.07 Å². The van der Waals surface area contributed by atoms with E-state index in [0.29, 0.717) is 22.5 Å². The Balaban J connectivity index is 1.96. The monoisotopic (exact) mass is 270 g/mol. The maximum Gasteiger partial charge on any atom is 0.205 e. The van der Waals surface area contributed by atoms with Crippen LogP contribution in [0.4, 0.5) is 20.4 Å². The maximum atomic E-state index is 13.5. The highest BCUT2D eigenvalue weighted by Gasteiger charge is 2.07. The van der Waals surface area contributed by atoms with Gasteiger partial charge in [-0.05, 0) is 30.3 Å². The predicted molar refractivity (Wildman–Crippen MR) is 70.4 cm³/mol. The molecule has 0 aliphatic carbocycles. The molecule has 20 heavy (non-hydrogen) atoms. The Morgan fingerprint density at radius 2 is 2.00 bits per heavy atom. The van der Waals surface area contributed by atoms with Gasteiger partial charge in [0, 0.05) is 6.07 Å². The summed E-state index contributed by atoms with van der Waals surface area (Å²) in [5.74, 6) is -1.03. The molecule has 0 unspecified atom stereocenters. The van der Waals surface area contributed by atoms with Gasteiger partial charge in [-0.2, -0.15) is 5.26 Å². The number of nitrogens with one attached hydrogen (secondary N) is 2. The Labute approximate surface area is 112 Å². The standard InChI is InChI=1S/C14H8F2N4/c15-9-2-4-11(10(16)6-9)18-14-19-12-3-1-8(7-17)5-13(12)20-14/h1-6H,(H2,18,19,20). The van der Waals surface area contributed by atoms with E-state index in [9.17, 15) is 8.78 Å². The Morgan fingerprint density at radius 3 is 2.75 bits per heavy atom. The molecule has 98 valence electrons. The topological polar surface area (TPSA) is 64.5 Å². The lowest BCUT2D eigenvalue weighted by Crippen LogP contribution is -1.95. The molecule has 0 aliphatic rings. The number of fused-ring (bicyclic) bond motifs is 1. The second-order valence-corrected chi connectivity index (χ2v) is 4.18. The van der Waals surface area contributed by atoms with Crippen LogP contribution in [0.1, 0.15) is 5.56 Å². The fourth-order valence-corrected chi connectivity index (χ4v) is 1.86. The number of anilines is 2. The molecule has 0 saturated carbocycles. The summed E-state index contributed by atoms with van der Waals surface area (Å²) < 4.78 is 26.3. The van der Waals surface area contributed by atoms with Gasteiger partial charge in [0.25, 0.3) is 0 Å². The number of rotatable bonds is 2. The molecule has 4 nitrogen and oxygen atoms in total. The third-order valence-corrected chi connectivity index (χ3v) is 2.80. The number of nitriles is 1. The molecule has 1 heterocycles. The second-order valence-electron chi connectivity index (χ2n) is 4.18. The minimum atomic E-state index is -0.705. The average molecular weight is 270 g/mol. The molecule has 0 atom stereocenters. The zero-order chi connectivity index (χ0) is 14.1. The number of hydrogen-bond donors (Lipinski definition) is 2.